The summed E-state index contributed by atoms with van der Waals surface area (Å²) in [5.74, 6) is 1.03. The van der Waals surface area contributed by atoms with Crippen molar-refractivity contribution in [1.29, 1.82) is 0 Å². The highest BCUT2D eigenvalue weighted by Crippen LogP contribution is 2.17. The number of hydrogen-bond acceptors (Lipinski definition) is 4. The van der Waals surface area contributed by atoms with Crippen LogP contribution in [0.5, 0.6) is 0 Å². The number of rotatable bonds is 6. The summed E-state index contributed by atoms with van der Waals surface area (Å²) in [6.07, 6.45) is 7.18. The number of carbonyl (C=O) groups is 1. The molecule has 1 unspecified atom stereocenters. The Morgan fingerprint density at radius 1 is 1.53 bits per heavy atom. The Bertz CT molecular complexity index is 411. The van der Waals surface area contributed by atoms with Gasteiger partial charge in [-0.1, -0.05) is 12.8 Å². The molecule has 106 valence electrons. The summed E-state index contributed by atoms with van der Waals surface area (Å²) in [6.45, 7) is 2.63. The maximum Gasteiger partial charge on any atom is 0.237 e. The lowest BCUT2D eigenvalue weighted by atomic mass is 10.2. The largest absolute Gasteiger partial charge is 0.352 e. The van der Waals surface area contributed by atoms with E-state index < -0.39 is 0 Å². The molecule has 1 aliphatic rings. The smallest absolute Gasteiger partial charge is 0.237 e. The highest BCUT2D eigenvalue weighted by atomic mass is 16.2. The number of aryl methyl sites for hydroxylation is 1. The highest BCUT2D eigenvalue weighted by Gasteiger charge is 2.20. The lowest BCUT2D eigenvalue weighted by Gasteiger charge is -2.17. The van der Waals surface area contributed by atoms with E-state index in [2.05, 4.69) is 20.8 Å². The van der Waals surface area contributed by atoms with E-state index in [1.807, 2.05) is 18.5 Å². The SMILES string of the molecule is CC(NCCc1nncn1C)C(=O)NC1CCCC1. The van der Waals surface area contributed by atoms with E-state index in [9.17, 15) is 4.79 Å². The topological polar surface area (TPSA) is 71.8 Å². The average Bonchev–Trinajstić information content (AvgIpc) is 3.02. The van der Waals surface area contributed by atoms with Crippen LogP contribution < -0.4 is 10.6 Å². The van der Waals surface area contributed by atoms with Crippen LogP contribution in [0.2, 0.25) is 0 Å². The van der Waals surface area contributed by atoms with Crippen LogP contribution in [0.25, 0.3) is 0 Å². The first-order valence-electron chi connectivity index (χ1n) is 7.03. The van der Waals surface area contributed by atoms with Gasteiger partial charge in [0.2, 0.25) is 5.91 Å². The third kappa shape index (κ3) is 4.02. The van der Waals surface area contributed by atoms with Crippen LogP contribution in [0, 0.1) is 0 Å². The van der Waals surface area contributed by atoms with Crippen molar-refractivity contribution in [1.82, 2.24) is 25.4 Å². The quantitative estimate of drug-likeness (QED) is 0.781. The summed E-state index contributed by atoms with van der Waals surface area (Å²) in [7, 11) is 1.92. The van der Waals surface area contributed by atoms with E-state index in [4.69, 9.17) is 0 Å². The molecule has 0 saturated heterocycles. The molecule has 1 aromatic rings. The van der Waals surface area contributed by atoms with Crippen LogP contribution in [0.1, 0.15) is 38.4 Å². The van der Waals surface area contributed by atoms with Gasteiger partial charge in [-0.2, -0.15) is 0 Å². The van der Waals surface area contributed by atoms with Gasteiger partial charge < -0.3 is 15.2 Å². The summed E-state index contributed by atoms with van der Waals surface area (Å²) >= 11 is 0. The molecule has 6 heteroatoms. The van der Waals surface area contributed by atoms with E-state index in [-0.39, 0.29) is 11.9 Å². The molecule has 19 heavy (non-hydrogen) atoms. The van der Waals surface area contributed by atoms with Crippen molar-refractivity contribution in [3.8, 4) is 0 Å². The maximum absolute atomic E-state index is 12.0. The van der Waals surface area contributed by atoms with Gasteiger partial charge in [-0.05, 0) is 19.8 Å². The normalized spacial score (nSPS) is 17.6. The van der Waals surface area contributed by atoms with Crippen molar-refractivity contribution in [2.75, 3.05) is 6.54 Å². The van der Waals surface area contributed by atoms with Crippen molar-refractivity contribution in [3.05, 3.63) is 12.2 Å². The predicted molar refractivity (Wildman–Crippen MR) is 72.6 cm³/mol. The summed E-state index contributed by atoms with van der Waals surface area (Å²) in [5, 5.41) is 14.2. The van der Waals surface area contributed by atoms with Crippen LogP contribution in [0.4, 0.5) is 0 Å². The molecule has 1 heterocycles. The zero-order chi connectivity index (χ0) is 13.7. The maximum atomic E-state index is 12.0. The lowest BCUT2D eigenvalue weighted by molar-refractivity contribution is -0.123. The first-order valence-corrected chi connectivity index (χ1v) is 7.03. The van der Waals surface area contributed by atoms with E-state index in [0.29, 0.717) is 6.04 Å². The average molecular weight is 265 g/mol. The van der Waals surface area contributed by atoms with Crippen LogP contribution in [-0.2, 0) is 18.3 Å². The zero-order valence-electron chi connectivity index (χ0n) is 11.7. The molecule has 1 atom stereocenters. The molecular formula is C13H23N5O. The molecule has 6 nitrogen and oxygen atoms in total. The van der Waals surface area contributed by atoms with Gasteiger partial charge in [0.1, 0.15) is 12.2 Å². The molecule has 0 aliphatic heterocycles. The third-order valence-corrected chi connectivity index (χ3v) is 3.70. The van der Waals surface area contributed by atoms with Crippen LogP contribution in [0.15, 0.2) is 6.33 Å². The van der Waals surface area contributed by atoms with E-state index in [1.165, 1.54) is 12.8 Å². The fraction of sp³-hybridized carbons (Fsp3) is 0.769. The minimum Gasteiger partial charge on any atom is -0.352 e. The van der Waals surface area contributed by atoms with Gasteiger partial charge in [-0.25, -0.2) is 0 Å². The Morgan fingerprint density at radius 3 is 2.89 bits per heavy atom. The second-order valence-electron chi connectivity index (χ2n) is 5.27. The van der Waals surface area contributed by atoms with Crippen molar-refractivity contribution < 1.29 is 4.79 Å². The van der Waals surface area contributed by atoms with Crippen LogP contribution >= 0.6 is 0 Å². The third-order valence-electron chi connectivity index (χ3n) is 3.70. The second-order valence-corrected chi connectivity index (χ2v) is 5.27. The van der Waals surface area contributed by atoms with Crippen molar-refractivity contribution >= 4 is 5.91 Å². The molecule has 0 bridgehead atoms. The molecular weight excluding hydrogens is 242 g/mol. The molecule has 0 aromatic carbocycles. The Kier molecular flexibility index (Phi) is 4.90. The number of aromatic nitrogens is 3. The Balaban J connectivity index is 1.67. The summed E-state index contributed by atoms with van der Waals surface area (Å²) in [5.41, 5.74) is 0. The van der Waals surface area contributed by atoms with Crippen LogP contribution in [-0.4, -0.2) is 39.3 Å². The minimum absolute atomic E-state index is 0.102. The van der Waals surface area contributed by atoms with Gasteiger partial charge in [0.05, 0.1) is 6.04 Å². The summed E-state index contributed by atoms with van der Waals surface area (Å²) in [4.78, 5) is 12.0. The number of carbonyl (C=O) groups excluding carboxylic acids is 1. The second kappa shape index (κ2) is 6.65. The van der Waals surface area contributed by atoms with Crippen molar-refractivity contribution in [2.45, 2.75) is 51.1 Å². The molecule has 0 radical (unpaired) electrons. The predicted octanol–water partition coefficient (Wildman–Crippen LogP) is 0.394. The van der Waals surface area contributed by atoms with Gasteiger partial charge in [0.15, 0.2) is 0 Å². The zero-order valence-corrected chi connectivity index (χ0v) is 11.7. The van der Waals surface area contributed by atoms with E-state index in [0.717, 1.165) is 31.6 Å². The number of nitrogens with zero attached hydrogens (tertiary/aromatic N) is 3. The van der Waals surface area contributed by atoms with E-state index >= 15 is 0 Å². The molecule has 0 spiro atoms. The molecule has 2 rings (SSSR count). The number of hydrogen-bond donors (Lipinski definition) is 2. The Hall–Kier alpha value is -1.43. The Morgan fingerprint density at radius 2 is 2.26 bits per heavy atom. The molecule has 1 aliphatic carbocycles. The molecule has 1 saturated carbocycles. The van der Waals surface area contributed by atoms with Crippen molar-refractivity contribution in [3.63, 3.8) is 0 Å². The van der Waals surface area contributed by atoms with Gasteiger partial charge in [-0.15, -0.1) is 10.2 Å². The fourth-order valence-electron chi connectivity index (χ4n) is 2.42. The van der Waals surface area contributed by atoms with Crippen LogP contribution in [0.3, 0.4) is 0 Å². The number of amides is 1. The minimum atomic E-state index is -0.158. The van der Waals surface area contributed by atoms with Gasteiger partial charge in [-0.3, -0.25) is 4.79 Å². The first-order chi connectivity index (χ1) is 9.16. The van der Waals surface area contributed by atoms with Gasteiger partial charge >= 0.3 is 0 Å². The summed E-state index contributed by atoms with van der Waals surface area (Å²) < 4.78 is 1.89. The molecule has 1 fully saturated rings. The van der Waals surface area contributed by atoms with Gasteiger partial charge in [0, 0.05) is 26.1 Å². The number of nitrogens with one attached hydrogen (secondary N) is 2. The molecule has 1 amide bonds. The van der Waals surface area contributed by atoms with E-state index in [1.54, 1.807) is 6.33 Å². The van der Waals surface area contributed by atoms with Gasteiger partial charge in [0.25, 0.3) is 0 Å². The first kappa shape index (κ1) is 14.0. The lowest BCUT2D eigenvalue weighted by Crippen LogP contribution is -2.46. The summed E-state index contributed by atoms with van der Waals surface area (Å²) in [6, 6.07) is 0.226. The fourth-order valence-corrected chi connectivity index (χ4v) is 2.42. The Labute approximate surface area is 114 Å². The van der Waals surface area contributed by atoms with Crippen molar-refractivity contribution in [2.24, 2.45) is 7.05 Å². The molecule has 1 aromatic heterocycles. The standard InChI is InChI=1S/C13H23N5O/c1-10(13(19)16-11-5-3-4-6-11)14-8-7-12-17-15-9-18(12)2/h9-11,14H,3-8H2,1-2H3,(H,16,19). The monoisotopic (exact) mass is 265 g/mol. The highest BCUT2D eigenvalue weighted by molar-refractivity contribution is 5.81. The molecule has 2 N–H and O–H groups in total.